The number of nitrogens with one attached hydrogen (secondary N) is 1. The highest BCUT2D eigenvalue weighted by Crippen LogP contribution is 2.38. The maximum absolute atomic E-state index is 12.2. The fraction of sp³-hybridized carbons (Fsp3) is 0.111. The first-order chi connectivity index (χ1) is 11.6. The Morgan fingerprint density at radius 3 is 2.83 bits per heavy atom. The smallest absolute Gasteiger partial charge is 0.226 e. The first kappa shape index (κ1) is 14.8. The summed E-state index contributed by atoms with van der Waals surface area (Å²) in [6.45, 7) is 0. The Morgan fingerprint density at radius 2 is 2.04 bits per heavy atom. The van der Waals surface area contributed by atoms with E-state index in [0.717, 1.165) is 16.9 Å². The molecule has 2 heterocycles. The number of carbonyl (C=O) groups excluding carboxylic acids is 1. The number of anilines is 1. The zero-order chi connectivity index (χ0) is 16.7. The van der Waals surface area contributed by atoms with E-state index >= 15 is 0 Å². The highest BCUT2D eigenvalue weighted by atomic mass is 35.5. The molecule has 2 aromatic carbocycles. The van der Waals surface area contributed by atoms with Gasteiger partial charge in [-0.3, -0.25) is 9.36 Å². The number of carbonyl (C=O) groups is 1. The first-order valence-electron chi connectivity index (χ1n) is 7.54. The first-order valence-corrected chi connectivity index (χ1v) is 7.92. The number of aromatic nitrogens is 2. The number of hydrogen-bond acceptors (Lipinski definition) is 3. The summed E-state index contributed by atoms with van der Waals surface area (Å²) in [5.41, 5.74) is 2.38. The summed E-state index contributed by atoms with van der Waals surface area (Å²) >= 11 is 6.27. The van der Waals surface area contributed by atoms with E-state index in [9.17, 15) is 9.90 Å². The number of amides is 1. The average molecular weight is 340 g/mol. The third-order valence-corrected chi connectivity index (χ3v) is 4.48. The van der Waals surface area contributed by atoms with Gasteiger partial charge >= 0.3 is 0 Å². The lowest BCUT2D eigenvalue weighted by Crippen LogP contribution is -2.24. The summed E-state index contributed by atoms with van der Waals surface area (Å²) < 4.78 is 1.78. The minimum Gasteiger partial charge on any atom is -0.508 e. The summed E-state index contributed by atoms with van der Waals surface area (Å²) in [5.74, 6) is 0.493. The molecule has 1 amide bonds. The maximum Gasteiger partial charge on any atom is 0.226 e. The molecule has 2 N–H and O–H groups in total. The minimum absolute atomic E-state index is 0.0929. The number of phenolic OH excluding ortho intramolecular Hbond substituents is 1. The van der Waals surface area contributed by atoms with Crippen molar-refractivity contribution in [1.82, 2.24) is 9.55 Å². The average Bonchev–Trinajstić information content (AvgIpc) is 2.98. The van der Waals surface area contributed by atoms with Crippen molar-refractivity contribution in [3.8, 4) is 11.4 Å². The van der Waals surface area contributed by atoms with E-state index in [1.807, 2.05) is 24.3 Å². The predicted octanol–water partition coefficient (Wildman–Crippen LogP) is 3.71. The van der Waals surface area contributed by atoms with Gasteiger partial charge in [0.2, 0.25) is 5.91 Å². The van der Waals surface area contributed by atoms with Crippen LogP contribution in [0.1, 0.15) is 23.6 Å². The van der Waals surface area contributed by atoms with Crippen molar-refractivity contribution in [1.29, 1.82) is 0 Å². The third-order valence-electron chi connectivity index (χ3n) is 4.16. The van der Waals surface area contributed by atoms with Gasteiger partial charge in [-0.1, -0.05) is 35.9 Å². The van der Waals surface area contributed by atoms with Crippen molar-refractivity contribution in [3.63, 3.8) is 0 Å². The summed E-state index contributed by atoms with van der Waals surface area (Å²) in [5, 5.41) is 13.2. The molecule has 0 radical (unpaired) electrons. The van der Waals surface area contributed by atoms with Crippen LogP contribution in [0.4, 0.5) is 5.82 Å². The molecule has 0 saturated carbocycles. The molecule has 0 unspecified atom stereocenters. The molecule has 0 saturated heterocycles. The normalized spacial score (nSPS) is 16.5. The number of hydrogen-bond donors (Lipinski definition) is 2. The molecular formula is C18H14ClN3O2. The lowest BCUT2D eigenvalue weighted by molar-refractivity contribution is -0.116. The van der Waals surface area contributed by atoms with Gasteiger partial charge in [0.15, 0.2) is 0 Å². The molecule has 120 valence electrons. The molecule has 0 bridgehead atoms. The van der Waals surface area contributed by atoms with Gasteiger partial charge in [-0.05, 0) is 29.8 Å². The zero-order valence-corrected chi connectivity index (χ0v) is 13.4. The molecule has 1 aliphatic rings. The highest BCUT2D eigenvalue weighted by Gasteiger charge is 2.31. The second-order valence-electron chi connectivity index (χ2n) is 5.70. The number of rotatable bonds is 2. The predicted molar refractivity (Wildman–Crippen MR) is 91.8 cm³/mol. The number of benzene rings is 2. The van der Waals surface area contributed by atoms with E-state index in [-0.39, 0.29) is 24.0 Å². The monoisotopic (exact) mass is 339 g/mol. The number of fused-ring (bicyclic) bond motifs is 1. The molecule has 24 heavy (non-hydrogen) atoms. The molecule has 3 aromatic rings. The largest absolute Gasteiger partial charge is 0.508 e. The van der Waals surface area contributed by atoms with Crippen LogP contribution in [0.2, 0.25) is 5.02 Å². The van der Waals surface area contributed by atoms with Gasteiger partial charge in [0.25, 0.3) is 0 Å². The molecular weight excluding hydrogens is 326 g/mol. The van der Waals surface area contributed by atoms with Gasteiger partial charge in [-0.25, -0.2) is 4.98 Å². The van der Waals surface area contributed by atoms with Gasteiger partial charge in [-0.15, -0.1) is 0 Å². The van der Waals surface area contributed by atoms with Crippen LogP contribution in [0.25, 0.3) is 5.69 Å². The van der Waals surface area contributed by atoms with Gasteiger partial charge in [0, 0.05) is 12.3 Å². The van der Waals surface area contributed by atoms with Crippen molar-refractivity contribution in [3.05, 3.63) is 71.1 Å². The number of nitrogens with zero attached hydrogens (tertiary/aromatic N) is 2. The molecule has 0 aliphatic carbocycles. The van der Waals surface area contributed by atoms with Gasteiger partial charge in [-0.2, -0.15) is 0 Å². The molecule has 0 spiro atoms. The van der Waals surface area contributed by atoms with Crippen molar-refractivity contribution in [2.75, 3.05) is 5.32 Å². The molecule has 1 aromatic heterocycles. The van der Waals surface area contributed by atoms with Gasteiger partial charge < -0.3 is 10.4 Å². The third kappa shape index (κ3) is 2.43. The summed E-state index contributed by atoms with van der Waals surface area (Å²) in [7, 11) is 0. The highest BCUT2D eigenvalue weighted by molar-refractivity contribution is 6.32. The van der Waals surface area contributed by atoms with Crippen LogP contribution >= 0.6 is 11.6 Å². The van der Waals surface area contributed by atoms with Crippen molar-refractivity contribution >= 4 is 23.3 Å². The van der Waals surface area contributed by atoms with Crippen LogP contribution in [0.15, 0.2) is 54.9 Å². The van der Waals surface area contributed by atoms with Gasteiger partial charge in [0.1, 0.15) is 17.9 Å². The van der Waals surface area contributed by atoms with Crippen molar-refractivity contribution in [2.24, 2.45) is 0 Å². The summed E-state index contributed by atoms with van der Waals surface area (Å²) in [6.07, 6.45) is 1.95. The lowest BCUT2D eigenvalue weighted by Gasteiger charge is -2.23. The number of phenols is 1. The van der Waals surface area contributed by atoms with Crippen LogP contribution in [0.3, 0.4) is 0 Å². The molecule has 1 atom stereocenters. The van der Waals surface area contributed by atoms with E-state index in [0.29, 0.717) is 10.8 Å². The quantitative estimate of drug-likeness (QED) is 0.748. The number of aromatic hydroxyl groups is 1. The van der Waals surface area contributed by atoms with E-state index in [1.54, 1.807) is 35.2 Å². The van der Waals surface area contributed by atoms with E-state index in [1.165, 1.54) is 0 Å². The molecule has 0 fully saturated rings. The van der Waals surface area contributed by atoms with E-state index < -0.39 is 0 Å². The molecule has 4 rings (SSSR count). The SMILES string of the molecule is O=C1C[C@H](c2cccc(O)c2)c2ncn(-c3ccccc3Cl)c2N1. The second kappa shape index (κ2) is 5.69. The Hall–Kier alpha value is -2.79. The van der Waals surface area contributed by atoms with Crippen molar-refractivity contribution in [2.45, 2.75) is 12.3 Å². The van der Waals surface area contributed by atoms with Crippen molar-refractivity contribution < 1.29 is 9.90 Å². The minimum atomic E-state index is -0.204. The number of halogens is 1. The van der Waals surface area contributed by atoms with Crippen LogP contribution in [-0.4, -0.2) is 20.6 Å². The Morgan fingerprint density at radius 1 is 1.21 bits per heavy atom. The number of para-hydroxylation sites is 1. The van der Waals surface area contributed by atoms with Gasteiger partial charge in [0.05, 0.1) is 16.4 Å². The van der Waals surface area contributed by atoms with E-state index in [4.69, 9.17) is 11.6 Å². The fourth-order valence-electron chi connectivity index (χ4n) is 3.05. The standard InChI is InChI=1S/C18H14ClN3O2/c19-14-6-1-2-7-15(14)22-10-20-17-13(9-16(24)21-18(17)22)11-4-3-5-12(23)8-11/h1-8,10,13,23H,9H2,(H,21,24)/t13-/m1/s1. The second-order valence-corrected chi connectivity index (χ2v) is 6.11. The Bertz CT molecular complexity index is 936. The van der Waals surface area contributed by atoms with Crippen LogP contribution < -0.4 is 5.32 Å². The molecule has 1 aliphatic heterocycles. The Kier molecular flexibility index (Phi) is 3.50. The lowest BCUT2D eigenvalue weighted by atomic mass is 9.90. The van der Waals surface area contributed by atoms with Crippen LogP contribution in [0, 0.1) is 0 Å². The van der Waals surface area contributed by atoms with Crippen LogP contribution in [0.5, 0.6) is 5.75 Å². The molecule has 5 nitrogen and oxygen atoms in total. The van der Waals surface area contributed by atoms with E-state index in [2.05, 4.69) is 10.3 Å². The Labute approximate surface area is 143 Å². The maximum atomic E-state index is 12.2. The Balaban J connectivity index is 1.85. The number of imidazole rings is 1. The topological polar surface area (TPSA) is 67.1 Å². The fourth-order valence-corrected chi connectivity index (χ4v) is 3.28. The molecule has 6 heteroatoms. The summed E-state index contributed by atoms with van der Waals surface area (Å²) in [6, 6.07) is 14.3. The van der Waals surface area contributed by atoms with Crippen LogP contribution in [-0.2, 0) is 4.79 Å². The summed E-state index contributed by atoms with van der Waals surface area (Å²) in [4.78, 5) is 16.7. The zero-order valence-electron chi connectivity index (χ0n) is 12.6.